The van der Waals surface area contributed by atoms with Gasteiger partial charge in [0.15, 0.2) is 0 Å². The fourth-order valence-electron chi connectivity index (χ4n) is 4.53. The Balaban J connectivity index is 1.59. The molecule has 2 heteroatoms. The monoisotopic (exact) mass is 236 g/mol. The molecule has 4 unspecified atom stereocenters. The summed E-state index contributed by atoms with van der Waals surface area (Å²) in [6.45, 7) is 6.23. The predicted molar refractivity (Wildman–Crippen MR) is 72.1 cm³/mol. The van der Waals surface area contributed by atoms with Gasteiger partial charge < -0.3 is 5.32 Å². The van der Waals surface area contributed by atoms with E-state index in [1.165, 1.54) is 58.2 Å². The first-order valence-corrected chi connectivity index (χ1v) is 7.84. The minimum atomic E-state index is 0.792. The van der Waals surface area contributed by atoms with Crippen molar-refractivity contribution in [3.05, 3.63) is 0 Å². The molecule has 3 rings (SSSR count). The summed E-state index contributed by atoms with van der Waals surface area (Å²) in [6, 6.07) is 1.73. The summed E-state index contributed by atoms with van der Waals surface area (Å²) >= 11 is 0. The Bertz CT molecular complexity index is 247. The van der Waals surface area contributed by atoms with Crippen molar-refractivity contribution in [2.45, 2.75) is 64.0 Å². The number of nitrogens with one attached hydrogen (secondary N) is 1. The maximum Gasteiger partial charge on any atom is 0.0195 e. The van der Waals surface area contributed by atoms with E-state index in [0.29, 0.717) is 0 Å². The van der Waals surface area contributed by atoms with Crippen molar-refractivity contribution in [3.63, 3.8) is 0 Å². The first-order chi connectivity index (χ1) is 8.36. The van der Waals surface area contributed by atoms with Crippen LogP contribution in [0.25, 0.3) is 0 Å². The summed E-state index contributed by atoms with van der Waals surface area (Å²) < 4.78 is 0. The summed E-state index contributed by atoms with van der Waals surface area (Å²) in [4.78, 5) is 2.84. The summed E-state index contributed by atoms with van der Waals surface area (Å²) in [5.74, 6) is 2.13. The van der Waals surface area contributed by atoms with Crippen molar-refractivity contribution in [1.82, 2.24) is 10.2 Å². The molecule has 1 aliphatic heterocycles. The Labute approximate surface area is 106 Å². The van der Waals surface area contributed by atoms with Gasteiger partial charge in [0.1, 0.15) is 0 Å². The van der Waals surface area contributed by atoms with Crippen LogP contribution in [0.3, 0.4) is 0 Å². The van der Waals surface area contributed by atoms with Gasteiger partial charge in [-0.2, -0.15) is 0 Å². The smallest absolute Gasteiger partial charge is 0.0195 e. The molecule has 0 spiro atoms. The maximum absolute atomic E-state index is 3.67. The minimum Gasteiger partial charge on any atom is -0.313 e. The Morgan fingerprint density at radius 1 is 1.18 bits per heavy atom. The van der Waals surface area contributed by atoms with Crippen LogP contribution >= 0.6 is 0 Å². The summed E-state index contributed by atoms with van der Waals surface area (Å²) in [5.41, 5.74) is 0. The molecular formula is C15H28N2. The number of hydrogen-bond acceptors (Lipinski definition) is 2. The van der Waals surface area contributed by atoms with Crippen LogP contribution in [0.2, 0.25) is 0 Å². The van der Waals surface area contributed by atoms with Crippen molar-refractivity contribution >= 4 is 0 Å². The van der Waals surface area contributed by atoms with Crippen LogP contribution < -0.4 is 5.32 Å². The minimum absolute atomic E-state index is 0.792. The average Bonchev–Trinajstić information content (AvgIpc) is 3.05. The van der Waals surface area contributed by atoms with E-state index in [0.717, 1.165) is 23.9 Å². The van der Waals surface area contributed by atoms with Crippen molar-refractivity contribution < 1.29 is 0 Å². The quantitative estimate of drug-likeness (QED) is 0.789. The van der Waals surface area contributed by atoms with E-state index in [9.17, 15) is 0 Å². The largest absolute Gasteiger partial charge is 0.313 e. The first kappa shape index (κ1) is 12.0. The topological polar surface area (TPSA) is 15.3 Å². The molecule has 0 aromatic rings. The Morgan fingerprint density at radius 2 is 2.12 bits per heavy atom. The highest BCUT2D eigenvalue weighted by Crippen LogP contribution is 2.46. The van der Waals surface area contributed by atoms with Crippen molar-refractivity contribution in [3.8, 4) is 0 Å². The maximum atomic E-state index is 3.67. The zero-order chi connectivity index (χ0) is 11.7. The summed E-state index contributed by atoms with van der Waals surface area (Å²) in [6.07, 6.45) is 10.2. The molecular weight excluding hydrogens is 208 g/mol. The molecule has 2 aliphatic carbocycles. The second-order valence-electron chi connectivity index (χ2n) is 6.53. The van der Waals surface area contributed by atoms with Crippen molar-refractivity contribution in [2.24, 2.45) is 11.8 Å². The molecule has 3 fully saturated rings. The van der Waals surface area contributed by atoms with Crippen molar-refractivity contribution in [1.29, 1.82) is 0 Å². The molecule has 1 heterocycles. The lowest BCUT2D eigenvalue weighted by molar-refractivity contribution is 0.131. The number of nitrogens with zero attached hydrogens (tertiary/aromatic N) is 1. The highest BCUT2D eigenvalue weighted by molar-refractivity contribution is 4.96. The fraction of sp³-hybridized carbons (Fsp3) is 1.00. The van der Waals surface area contributed by atoms with Gasteiger partial charge >= 0.3 is 0 Å². The molecule has 0 aromatic heterocycles. The zero-order valence-electron chi connectivity index (χ0n) is 11.3. The van der Waals surface area contributed by atoms with Crippen LogP contribution in [-0.4, -0.2) is 36.6 Å². The second-order valence-corrected chi connectivity index (χ2v) is 6.53. The molecule has 0 amide bonds. The highest BCUT2D eigenvalue weighted by Gasteiger charge is 2.42. The Morgan fingerprint density at radius 3 is 2.71 bits per heavy atom. The molecule has 4 atom stereocenters. The number of fused-ring (bicyclic) bond motifs is 2. The molecule has 2 bridgehead atoms. The second kappa shape index (κ2) is 5.27. The molecule has 17 heavy (non-hydrogen) atoms. The third kappa shape index (κ3) is 2.53. The van der Waals surface area contributed by atoms with Crippen LogP contribution in [0.15, 0.2) is 0 Å². The number of hydrogen-bond donors (Lipinski definition) is 1. The van der Waals surface area contributed by atoms with Crippen LogP contribution in [0, 0.1) is 11.8 Å². The number of rotatable bonds is 5. The SMILES string of the molecule is CCCN(CC1CCCN1)C1CC2CCC1C2. The first-order valence-electron chi connectivity index (χ1n) is 7.84. The molecule has 0 aromatic carbocycles. The lowest BCUT2D eigenvalue weighted by atomic mass is 9.93. The van der Waals surface area contributed by atoms with Gasteiger partial charge in [-0.25, -0.2) is 0 Å². The molecule has 2 saturated carbocycles. The lowest BCUT2D eigenvalue weighted by Crippen LogP contribution is -2.45. The van der Waals surface area contributed by atoms with E-state index in [-0.39, 0.29) is 0 Å². The molecule has 98 valence electrons. The highest BCUT2D eigenvalue weighted by atomic mass is 15.2. The zero-order valence-corrected chi connectivity index (χ0v) is 11.3. The molecule has 1 N–H and O–H groups in total. The van der Waals surface area contributed by atoms with Gasteiger partial charge in [-0.1, -0.05) is 13.3 Å². The van der Waals surface area contributed by atoms with Gasteiger partial charge in [-0.15, -0.1) is 0 Å². The van der Waals surface area contributed by atoms with Crippen LogP contribution in [0.4, 0.5) is 0 Å². The predicted octanol–water partition coefficient (Wildman–Crippen LogP) is 2.64. The van der Waals surface area contributed by atoms with Crippen LogP contribution in [0.1, 0.15) is 51.9 Å². The molecule has 0 radical (unpaired) electrons. The average molecular weight is 236 g/mol. The lowest BCUT2D eigenvalue weighted by Gasteiger charge is -2.36. The Hall–Kier alpha value is -0.0800. The summed E-state index contributed by atoms with van der Waals surface area (Å²) in [7, 11) is 0. The van der Waals surface area contributed by atoms with Gasteiger partial charge in [0.05, 0.1) is 0 Å². The van der Waals surface area contributed by atoms with Crippen LogP contribution in [0.5, 0.6) is 0 Å². The fourth-order valence-corrected chi connectivity index (χ4v) is 4.53. The van der Waals surface area contributed by atoms with Gasteiger partial charge in [-0.05, 0) is 63.5 Å². The molecule has 3 aliphatic rings. The van der Waals surface area contributed by atoms with E-state index in [2.05, 4.69) is 17.1 Å². The normalized spacial score (nSPS) is 40.6. The van der Waals surface area contributed by atoms with Gasteiger partial charge in [0.2, 0.25) is 0 Å². The molecule has 2 nitrogen and oxygen atoms in total. The third-order valence-corrected chi connectivity index (χ3v) is 5.30. The van der Waals surface area contributed by atoms with Gasteiger partial charge in [0, 0.05) is 18.6 Å². The van der Waals surface area contributed by atoms with Crippen molar-refractivity contribution in [2.75, 3.05) is 19.6 Å². The van der Waals surface area contributed by atoms with E-state index >= 15 is 0 Å². The van der Waals surface area contributed by atoms with E-state index in [4.69, 9.17) is 0 Å². The standard InChI is InChI=1S/C15H28N2/c1-2-8-17(11-14-4-3-7-16-14)15-10-12-5-6-13(15)9-12/h12-16H,2-11H2,1H3. The van der Waals surface area contributed by atoms with Crippen LogP contribution in [-0.2, 0) is 0 Å². The molecule has 1 saturated heterocycles. The Kier molecular flexibility index (Phi) is 3.72. The van der Waals surface area contributed by atoms with E-state index in [1.54, 1.807) is 6.42 Å². The van der Waals surface area contributed by atoms with E-state index < -0.39 is 0 Å². The van der Waals surface area contributed by atoms with Gasteiger partial charge in [0.25, 0.3) is 0 Å². The third-order valence-electron chi connectivity index (χ3n) is 5.30. The van der Waals surface area contributed by atoms with E-state index in [1.807, 2.05) is 0 Å². The van der Waals surface area contributed by atoms with Gasteiger partial charge in [-0.3, -0.25) is 4.90 Å². The summed E-state index contributed by atoms with van der Waals surface area (Å²) in [5, 5.41) is 3.67.